The van der Waals surface area contributed by atoms with E-state index in [1.807, 2.05) is 0 Å². The molecule has 0 radical (unpaired) electrons. The van der Waals surface area contributed by atoms with Crippen molar-refractivity contribution in [3.63, 3.8) is 0 Å². The fraction of sp³-hybridized carbons (Fsp3) is 0.667. The molecule has 1 heterocycles. The Bertz CT molecular complexity index is 357. The van der Waals surface area contributed by atoms with E-state index in [4.69, 9.17) is 4.98 Å². The molecule has 0 atom stereocenters. The molecule has 1 rings (SSSR count). The average molecular weight is 249 g/mol. The molecule has 0 aromatic carbocycles. The molecule has 0 saturated carbocycles. The van der Waals surface area contributed by atoms with Crippen LogP contribution in [0.15, 0.2) is 12.1 Å². The first-order valence-electron chi connectivity index (χ1n) is 7.08. The summed E-state index contributed by atoms with van der Waals surface area (Å²) in [5, 5.41) is 3.47. The molecule has 0 aliphatic carbocycles. The Morgan fingerprint density at radius 2 is 1.83 bits per heavy atom. The summed E-state index contributed by atoms with van der Waals surface area (Å²) in [6.07, 6.45) is 0.990. The molecule has 102 valence electrons. The Kier molecular flexibility index (Phi) is 6.13. The molecule has 3 heteroatoms. The van der Waals surface area contributed by atoms with Crippen LogP contribution in [0.2, 0.25) is 0 Å². The van der Waals surface area contributed by atoms with Crippen molar-refractivity contribution >= 4 is 5.82 Å². The summed E-state index contributed by atoms with van der Waals surface area (Å²) >= 11 is 0. The average Bonchev–Trinajstić information content (AvgIpc) is 2.37. The Balaban J connectivity index is 2.93. The van der Waals surface area contributed by atoms with E-state index < -0.39 is 0 Å². The Labute approximate surface area is 112 Å². The quantitative estimate of drug-likeness (QED) is 0.805. The summed E-state index contributed by atoms with van der Waals surface area (Å²) in [6, 6.07) is 4.93. The first-order valence-corrected chi connectivity index (χ1v) is 7.08. The lowest BCUT2D eigenvalue weighted by atomic mass is 10.1. The van der Waals surface area contributed by atoms with E-state index in [0.717, 1.165) is 31.9 Å². The maximum absolute atomic E-state index is 4.72. The molecule has 1 aromatic rings. The molecule has 3 nitrogen and oxygen atoms in total. The highest BCUT2D eigenvalue weighted by Crippen LogP contribution is 2.15. The van der Waals surface area contributed by atoms with Gasteiger partial charge in [0.1, 0.15) is 5.82 Å². The molecule has 0 fully saturated rings. The summed E-state index contributed by atoms with van der Waals surface area (Å²) in [4.78, 5) is 7.02. The number of hydrogen-bond acceptors (Lipinski definition) is 3. The maximum atomic E-state index is 4.72. The predicted molar refractivity (Wildman–Crippen MR) is 79.2 cm³/mol. The van der Waals surface area contributed by atoms with Crippen LogP contribution in [-0.2, 0) is 13.0 Å². The van der Waals surface area contributed by atoms with Crippen LogP contribution in [0.3, 0.4) is 0 Å². The first kappa shape index (κ1) is 15.0. The van der Waals surface area contributed by atoms with Gasteiger partial charge in [0, 0.05) is 31.4 Å². The Hall–Kier alpha value is -1.09. The zero-order valence-corrected chi connectivity index (χ0v) is 12.5. The van der Waals surface area contributed by atoms with Gasteiger partial charge in [0.2, 0.25) is 0 Å². The molecular weight excluding hydrogens is 222 g/mol. The lowest BCUT2D eigenvalue weighted by molar-refractivity contribution is 0.588. The number of aromatic nitrogens is 1. The van der Waals surface area contributed by atoms with Crippen LogP contribution < -0.4 is 10.2 Å². The van der Waals surface area contributed by atoms with Crippen molar-refractivity contribution in [1.29, 1.82) is 0 Å². The Morgan fingerprint density at radius 3 is 2.33 bits per heavy atom. The van der Waals surface area contributed by atoms with Crippen LogP contribution in [0.25, 0.3) is 0 Å². The van der Waals surface area contributed by atoms with E-state index in [1.165, 1.54) is 11.3 Å². The minimum Gasteiger partial charge on any atom is -0.357 e. The highest BCUT2D eigenvalue weighted by atomic mass is 15.2. The van der Waals surface area contributed by atoms with Crippen molar-refractivity contribution in [2.45, 2.75) is 53.6 Å². The number of aryl methyl sites for hydroxylation is 1. The van der Waals surface area contributed by atoms with Gasteiger partial charge in [-0.3, -0.25) is 0 Å². The van der Waals surface area contributed by atoms with Crippen LogP contribution >= 0.6 is 0 Å². The third-order valence-electron chi connectivity index (χ3n) is 3.09. The minimum atomic E-state index is 0.514. The SMILES string of the molecule is CCc1cc(CNC(C)C)cc(N(CC)CC)n1. The van der Waals surface area contributed by atoms with Gasteiger partial charge in [-0.1, -0.05) is 20.8 Å². The van der Waals surface area contributed by atoms with Crippen molar-refractivity contribution < 1.29 is 0 Å². The zero-order valence-electron chi connectivity index (χ0n) is 12.5. The molecule has 0 unspecified atom stereocenters. The van der Waals surface area contributed by atoms with Gasteiger partial charge in [-0.15, -0.1) is 0 Å². The smallest absolute Gasteiger partial charge is 0.129 e. The van der Waals surface area contributed by atoms with Crippen LogP contribution in [0.5, 0.6) is 0 Å². The predicted octanol–water partition coefficient (Wildman–Crippen LogP) is 2.99. The van der Waals surface area contributed by atoms with E-state index in [0.29, 0.717) is 6.04 Å². The van der Waals surface area contributed by atoms with Crippen molar-refractivity contribution in [3.05, 3.63) is 23.4 Å². The number of rotatable bonds is 7. The van der Waals surface area contributed by atoms with E-state index in [1.54, 1.807) is 0 Å². The summed E-state index contributed by atoms with van der Waals surface area (Å²) < 4.78 is 0. The highest BCUT2D eigenvalue weighted by Gasteiger charge is 2.07. The van der Waals surface area contributed by atoms with E-state index in [2.05, 4.69) is 57.0 Å². The molecule has 0 bridgehead atoms. The number of nitrogens with zero attached hydrogens (tertiary/aromatic N) is 2. The van der Waals surface area contributed by atoms with Crippen LogP contribution in [0, 0.1) is 0 Å². The third-order valence-corrected chi connectivity index (χ3v) is 3.09. The number of nitrogens with one attached hydrogen (secondary N) is 1. The van der Waals surface area contributed by atoms with E-state index in [9.17, 15) is 0 Å². The number of pyridine rings is 1. The molecule has 1 aromatic heterocycles. The van der Waals surface area contributed by atoms with Crippen molar-refractivity contribution in [2.24, 2.45) is 0 Å². The molecule has 1 N–H and O–H groups in total. The Morgan fingerprint density at radius 1 is 1.17 bits per heavy atom. The zero-order chi connectivity index (χ0) is 13.5. The highest BCUT2D eigenvalue weighted by molar-refractivity contribution is 5.42. The molecule has 0 amide bonds. The minimum absolute atomic E-state index is 0.514. The monoisotopic (exact) mass is 249 g/mol. The fourth-order valence-corrected chi connectivity index (χ4v) is 1.95. The fourth-order valence-electron chi connectivity index (χ4n) is 1.95. The standard InChI is InChI=1S/C15H27N3/c1-6-14-9-13(11-16-12(4)5)10-15(17-14)18(7-2)8-3/h9-10,12,16H,6-8,11H2,1-5H3. The normalized spacial score (nSPS) is 11.0. The van der Waals surface area contributed by atoms with Crippen LogP contribution in [0.4, 0.5) is 5.82 Å². The van der Waals surface area contributed by atoms with Crippen LogP contribution in [-0.4, -0.2) is 24.1 Å². The second-order valence-corrected chi connectivity index (χ2v) is 4.89. The summed E-state index contributed by atoms with van der Waals surface area (Å²) in [5.74, 6) is 1.11. The summed E-state index contributed by atoms with van der Waals surface area (Å²) in [6.45, 7) is 13.8. The summed E-state index contributed by atoms with van der Waals surface area (Å²) in [7, 11) is 0. The van der Waals surface area contributed by atoms with Gasteiger partial charge in [-0.2, -0.15) is 0 Å². The number of hydrogen-bond donors (Lipinski definition) is 1. The lowest BCUT2D eigenvalue weighted by Crippen LogP contribution is -2.25. The van der Waals surface area contributed by atoms with Gasteiger partial charge in [-0.05, 0) is 38.0 Å². The van der Waals surface area contributed by atoms with Gasteiger partial charge in [0.25, 0.3) is 0 Å². The van der Waals surface area contributed by atoms with Crippen molar-refractivity contribution in [2.75, 3.05) is 18.0 Å². The third kappa shape index (κ3) is 4.30. The van der Waals surface area contributed by atoms with Gasteiger partial charge in [0.05, 0.1) is 0 Å². The molecule has 0 spiro atoms. The van der Waals surface area contributed by atoms with Gasteiger partial charge in [-0.25, -0.2) is 4.98 Å². The largest absolute Gasteiger partial charge is 0.357 e. The topological polar surface area (TPSA) is 28.2 Å². The maximum Gasteiger partial charge on any atom is 0.129 e. The van der Waals surface area contributed by atoms with Gasteiger partial charge in [0.15, 0.2) is 0 Å². The van der Waals surface area contributed by atoms with Gasteiger partial charge < -0.3 is 10.2 Å². The molecular formula is C15H27N3. The second-order valence-electron chi connectivity index (χ2n) is 4.89. The molecule has 18 heavy (non-hydrogen) atoms. The van der Waals surface area contributed by atoms with Crippen LogP contribution in [0.1, 0.15) is 45.9 Å². The van der Waals surface area contributed by atoms with Crippen molar-refractivity contribution in [3.8, 4) is 0 Å². The van der Waals surface area contributed by atoms with Gasteiger partial charge >= 0.3 is 0 Å². The van der Waals surface area contributed by atoms with E-state index >= 15 is 0 Å². The molecule has 0 aliphatic heterocycles. The first-order chi connectivity index (χ1) is 8.60. The van der Waals surface area contributed by atoms with E-state index in [-0.39, 0.29) is 0 Å². The second kappa shape index (κ2) is 7.37. The lowest BCUT2D eigenvalue weighted by Gasteiger charge is -2.21. The molecule has 0 aliphatic rings. The number of anilines is 1. The van der Waals surface area contributed by atoms with Crippen molar-refractivity contribution in [1.82, 2.24) is 10.3 Å². The molecule has 0 saturated heterocycles. The summed E-state index contributed by atoms with van der Waals surface area (Å²) in [5.41, 5.74) is 2.51.